The first kappa shape index (κ1) is 21.9. The SMILES string of the molecule is C[C@H]1[C@H](Nc2cnn(CC(=O)NCc3ccncc3F)c(=O)c2Br)C[C@H]2C[C@@H]1C2(C)C. The maximum Gasteiger partial charge on any atom is 0.283 e. The van der Waals surface area contributed by atoms with Crippen LogP contribution in [0.25, 0.3) is 0 Å². The zero-order valence-corrected chi connectivity index (χ0v) is 19.4. The third kappa shape index (κ3) is 4.12. The van der Waals surface area contributed by atoms with Crippen LogP contribution in [-0.2, 0) is 17.9 Å². The van der Waals surface area contributed by atoms with Gasteiger partial charge in [0.15, 0.2) is 0 Å². The van der Waals surface area contributed by atoms with Gasteiger partial charge in [0.05, 0.1) is 18.1 Å². The minimum atomic E-state index is -0.491. The van der Waals surface area contributed by atoms with Crippen LogP contribution in [0.2, 0.25) is 0 Å². The number of carbonyl (C=O) groups is 1. The molecule has 0 radical (unpaired) electrons. The molecule has 2 N–H and O–H groups in total. The molecule has 31 heavy (non-hydrogen) atoms. The van der Waals surface area contributed by atoms with E-state index in [1.165, 1.54) is 18.7 Å². The van der Waals surface area contributed by atoms with Gasteiger partial charge in [0.1, 0.15) is 16.8 Å². The summed E-state index contributed by atoms with van der Waals surface area (Å²) in [6, 6.07) is 1.79. The van der Waals surface area contributed by atoms with Crippen LogP contribution in [0.4, 0.5) is 10.1 Å². The van der Waals surface area contributed by atoms with Gasteiger partial charge in [-0.1, -0.05) is 20.8 Å². The molecule has 3 aliphatic rings. The van der Waals surface area contributed by atoms with Gasteiger partial charge in [-0.3, -0.25) is 14.6 Å². The fraction of sp³-hybridized carbons (Fsp3) is 0.545. The second kappa shape index (κ2) is 8.33. The van der Waals surface area contributed by atoms with Crippen LogP contribution in [0.1, 0.15) is 39.2 Å². The Kier molecular flexibility index (Phi) is 5.89. The van der Waals surface area contributed by atoms with Crippen LogP contribution >= 0.6 is 15.9 Å². The van der Waals surface area contributed by atoms with E-state index in [-0.39, 0.29) is 18.6 Å². The molecule has 2 bridgehead atoms. The quantitative estimate of drug-likeness (QED) is 0.646. The molecule has 2 aromatic rings. The fourth-order valence-corrected chi connectivity index (χ4v) is 5.57. The van der Waals surface area contributed by atoms with Crippen LogP contribution in [-0.4, -0.2) is 26.7 Å². The van der Waals surface area contributed by atoms with E-state index in [9.17, 15) is 14.0 Å². The molecule has 3 aliphatic carbocycles. The summed E-state index contributed by atoms with van der Waals surface area (Å²) in [7, 11) is 0. The Bertz CT molecular complexity index is 1060. The monoisotopic (exact) mass is 491 g/mol. The fourth-order valence-electron chi connectivity index (χ4n) is 5.15. The van der Waals surface area contributed by atoms with Crippen molar-refractivity contribution in [2.45, 2.75) is 52.7 Å². The number of halogens is 2. The number of hydrogen-bond acceptors (Lipinski definition) is 5. The summed E-state index contributed by atoms with van der Waals surface area (Å²) in [5.41, 5.74) is 0.983. The number of nitrogens with zero attached hydrogens (tertiary/aromatic N) is 3. The molecule has 2 heterocycles. The third-order valence-electron chi connectivity index (χ3n) is 7.31. The Balaban J connectivity index is 1.39. The summed E-state index contributed by atoms with van der Waals surface area (Å²) in [4.78, 5) is 28.6. The highest BCUT2D eigenvalue weighted by Gasteiger charge is 2.56. The van der Waals surface area contributed by atoms with Crippen molar-refractivity contribution in [2.24, 2.45) is 23.2 Å². The van der Waals surface area contributed by atoms with Gasteiger partial charge in [0, 0.05) is 24.3 Å². The lowest BCUT2D eigenvalue weighted by Gasteiger charge is -2.62. The van der Waals surface area contributed by atoms with Crippen molar-refractivity contribution in [3.05, 3.63) is 50.9 Å². The molecule has 5 rings (SSSR count). The number of aromatic nitrogens is 3. The number of carbonyl (C=O) groups excluding carboxylic acids is 1. The minimum Gasteiger partial charge on any atom is -0.380 e. The number of anilines is 1. The van der Waals surface area contributed by atoms with E-state index in [1.807, 2.05) is 0 Å². The molecule has 3 saturated carbocycles. The van der Waals surface area contributed by atoms with Crippen molar-refractivity contribution >= 4 is 27.5 Å². The van der Waals surface area contributed by atoms with Crippen LogP contribution in [0.3, 0.4) is 0 Å². The zero-order valence-electron chi connectivity index (χ0n) is 17.9. The van der Waals surface area contributed by atoms with Crippen LogP contribution in [0.15, 0.2) is 33.9 Å². The molecule has 4 atom stereocenters. The second-order valence-electron chi connectivity index (χ2n) is 9.28. The van der Waals surface area contributed by atoms with Gasteiger partial charge in [-0.25, -0.2) is 9.07 Å². The smallest absolute Gasteiger partial charge is 0.283 e. The molecule has 0 saturated heterocycles. The van der Waals surface area contributed by atoms with Gasteiger partial charge in [-0.15, -0.1) is 0 Å². The van der Waals surface area contributed by atoms with E-state index < -0.39 is 11.7 Å². The second-order valence-corrected chi connectivity index (χ2v) is 10.1. The van der Waals surface area contributed by atoms with Gasteiger partial charge in [0.2, 0.25) is 5.91 Å². The maximum atomic E-state index is 13.6. The minimum absolute atomic E-state index is 0.0149. The van der Waals surface area contributed by atoms with Crippen molar-refractivity contribution < 1.29 is 9.18 Å². The molecule has 1 amide bonds. The third-order valence-corrected chi connectivity index (χ3v) is 8.07. The van der Waals surface area contributed by atoms with E-state index in [1.54, 1.807) is 6.20 Å². The van der Waals surface area contributed by atoms with Crippen LogP contribution < -0.4 is 16.2 Å². The first-order valence-corrected chi connectivity index (χ1v) is 11.3. The molecule has 0 unspecified atom stereocenters. The van der Waals surface area contributed by atoms with Gasteiger partial charge < -0.3 is 10.6 Å². The number of fused-ring (bicyclic) bond motifs is 2. The number of nitrogens with one attached hydrogen (secondary N) is 2. The van der Waals surface area contributed by atoms with Crippen molar-refractivity contribution in [3.8, 4) is 0 Å². The normalized spacial score (nSPS) is 26.1. The van der Waals surface area contributed by atoms with E-state index in [2.05, 4.69) is 57.4 Å². The van der Waals surface area contributed by atoms with E-state index in [4.69, 9.17) is 0 Å². The Hall–Kier alpha value is -2.29. The summed E-state index contributed by atoms with van der Waals surface area (Å²) < 4.78 is 15.1. The summed E-state index contributed by atoms with van der Waals surface area (Å²) in [5, 5.41) is 10.3. The van der Waals surface area contributed by atoms with E-state index >= 15 is 0 Å². The first-order valence-electron chi connectivity index (χ1n) is 10.6. The standard InChI is InChI=1S/C22H27BrFN5O2/c1-12-15-6-14(22(15,2)3)7-17(12)28-18-10-27-29(21(31)20(18)23)11-19(30)26-8-13-4-5-25-9-16(13)24/h4-5,9-10,12,14-15,17,28H,6-8,11H2,1-3H3,(H,26,30)/t12-,14-,15+,17-/m1/s1. The molecule has 0 aliphatic heterocycles. The summed E-state index contributed by atoms with van der Waals surface area (Å²) in [5.74, 6) is 0.974. The lowest BCUT2D eigenvalue weighted by molar-refractivity contribution is -0.122. The van der Waals surface area contributed by atoms with Crippen molar-refractivity contribution in [1.29, 1.82) is 0 Å². The van der Waals surface area contributed by atoms with Crippen LogP contribution in [0.5, 0.6) is 0 Å². The Morgan fingerprint density at radius 2 is 2.13 bits per heavy atom. The van der Waals surface area contributed by atoms with Crippen molar-refractivity contribution in [3.63, 3.8) is 0 Å². The lowest BCUT2D eigenvalue weighted by Crippen LogP contribution is -2.58. The average Bonchev–Trinajstić information content (AvgIpc) is 2.73. The highest BCUT2D eigenvalue weighted by Crippen LogP contribution is 2.61. The number of pyridine rings is 1. The van der Waals surface area contributed by atoms with Crippen molar-refractivity contribution in [2.75, 3.05) is 5.32 Å². The molecule has 0 spiro atoms. The zero-order chi connectivity index (χ0) is 22.3. The van der Waals surface area contributed by atoms with Gasteiger partial charge in [-0.05, 0) is 58.0 Å². The summed E-state index contributed by atoms with van der Waals surface area (Å²) >= 11 is 3.38. The average molecular weight is 492 g/mol. The van der Waals surface area contributed by atoms with Gasteiger partial charge >= 0.3 is 0 Å². The number of rotatable bonds is 6. The highest BCUT2D eigenvalue weighted by molar-refractivity contribution is 9.10. The maximum absolute atomic E-state index is 13.6. The Morgan fingerprint density at radius 1 is 1.35 bits per heavy atom. The largest absolute Gasteiger partial charge is 0.380 e. The predicted molar refractivity (Wildman–Crippen MR) is 119 cm³/mol. The molecule has 0 aromatic carbocycles. The van der Waals surface area contributed by atoms with E-state index in [0.717, 1.165) is 17.3 Å². The van der Waals surface area contributed by atoms with Gasteiger partial charge in [0.25, 0.3) is 5.56 Å². The molecular weight excluding hydrogens is 465 g/mol. The molecule has 166 valence electrons. The molecular formula is C22H27BrFN5O2. The lowest BCUT2D eigenvalue weighted by atomic mass is 9.45. The molecule has 7 nitrogen and oxygen atoms in total. The molecule has 2 aromatic heterocycles. The Labute approximate surface area is 189 Å². The number of amides is 1. The van der Waals surface area contributed by atoms with Crippen LogP contribution in [0, 0.1) is 29.0 Å². The summed E-state index contributed by atoms with van der Waals surface area (Å²) in [6.45, 7) is 6.75. The summed E-state index contributed by atoms with van der Waals surface area (Å²) in [6.07, 6.45) is 6.49. The topological polar surface area (TPSA) is 88.9 Å². The predicted octanol–water partition coefficient (Wildman–Crippen LogP) is 3.34. The van der Waals surface area contributed by atoms with Crippen molar-refractivity contribution in [1.82, 2.24) is 20.1 Å². The van der Waals surface area contributed by atoms with Gasteiger partial charge in [-0.2, -0.15) is 5.10 Å². The van der Waals surface area contributed by atoms with E-state index in [0.29, 0.717) is 44.9 Å². The molecule has 9 heteroatoms. The number of hydrogen-bond donors (Lipinski definition) is 2. The Morgan fingerprint density at radius 3 is 2.81 bits per heavy atom. The molecule has 3 fully saturated rings. The highest BCUT2D eigenvalue weighted by atomic mass is 79.9. The first-order chi connectivity index (χ1) is 14.7.